The summed E-state index contributed by atoms with van der Waals surface area (Å²) in [5.41, 5.74) is 11.9. The molecule has 0 saturated carbocycles. The molecule has 3 heterocycles. The maximum Gasteiger partial charge on any atom is 0.137 e. The van der Waals surface area contributed by atoms with Crippen LogP contribution in [0.3, 0.4) is 0 Å². The number of hydrogen-bond acceptors (Lipinski definition) is 5. The van der Waals surface area contributed by atoms with Gasteiger partial charge in [-0.15, -0.1) is 22.7 Å². The van der Waals surface area contributed by atoms with E-state index in [1.807, 2.05) is 17.4 Å². The molecule has 0 bridgehead atoms. The molecule has 0 fully saturated rings. The van der Waals surface area contributed by atoms with Gasteiger partial charge in [-0.25, -0.2) is 4.98 Å². The third kappa shape index (κ3) is 5.36. The molecule has 12 rings (SSSR count). The molecule has 3 nitrogen and oxygen atoms in total. The number of anilines is 3. The maximum absolute atomic E-state index is 6.50. The van der Waals surface area contributed by atoms with Gasteiger partial charge in [0.15, 0.2) is 0 Å². The minimum absolute atomic E-state index is 0.859. The zero-order valence-corrected chi connectivity index (χ0v) is 32.7. The Kier molecular flexibility index (Phi) is 7.58. The van der Waals surface area contributed by atoms with E-state index in [4.69, 9.17) is 9.40 Å². The molecule has 0 aliphatic heterocycles. The van der Waals surface area contributed by atoms with Crippen molar-refractivity contribution in [3.05, 3.63) is 194 Å². The van der Waals surface area contributed by atoms with Crippen molar-refractivity contribution in [2.45, 2.75) is 0 Å². The van der Waals surface area contributed by atoms with Crippen molar-refractivity contribution in [1.29, 1.82) is 0 Å². The van der Waals surface area contributed by atoms with Gasteiger partial charge in [0, 0.05) is 37.8 Å². The molecular weight excluding hydrogens is 745 g/mol. The lowest BCUT2D eigenvalue weighted by Crippen LogP contribution is -2.10. The monoisotopic (exact) mass is 776 g/mol. The smallest absolute Gasteiger partial charge is 0.137 e. The van der Waals surface area contributed by atoms with Gasteiger partial charge in [-0.3, -0.25) is 0 Å². The van der Waals surface area contributed by atoms with Gasteiger partial charge in [0.05, 0.1) is 26.0 Å². The number of thiazole rings is 1. The first-order chi connectivity index (χ1) is 28.7. The molecule has 58 heavy (non-hydrogen) atoms. The molecule has 0 aliphatic carbocycles. The average Bonchev–Trinajstić information content (AvgIpc) is 4.01. The number of thiophene rings is 1. The van der Waals surface area contributed by atoms with E-state index in [0.717, 1.165) is 70.9 Å². The molecule has 0 saturated heterocycles. The highest BCUT2D eigenvalue weighted by Gasteiger charge is 2.20. The molecular formula is C53H32N2OS2. The molecule has 3 aromatic heterocycles. The van der Waals surface area contributed by atoms with Crippen LogP contribution in [0, 0.1) is 0 Å². The van der Waals surface area contributed by atoms with Crippen LogP contribution in [-0.2, 0) is 0 Å². The molecule has 0 aliphatic rings. The highest BCUT2D eigenvalue weighted by Crippen LogP contribution is 2.46. The summed E-state index contributed by atoms with van der Waals surface area (Å²) >= 11 is 3.58. The Balaban J connectivity index is 0.949. The molecule has 0 amide bonds. The van der Waals surface area contributed by atoms with Crippen LogP contribution < -0.4 is 4.90 Å². The van der Waals surface area contributed by atoms with Crippen LogP contribution in [0.15, 0.2) is 199 Å². The van der Waals surface area contributed by atoms with Crippen LogP contribution in [0.5, 0.6) is 0 Å². The van der Waals surface area contributed by atoms with Crippen LogP contribution >= 0.6 is 22.7 Å². The first-order valence-electron chi connectivity index (χ1n) is 19.4. The van der Waals surface area contributed by atoms with Crippen molar-refractivity contribution in [2.75, 3.05) is 4.90 Å². The maximum atomic E-state index is 6.50. The molecule has 5 heteroatoms. The first kappa shape index (κ1) is 33.1. The zero-order valence-electron chi connectivity index (χ0n) is 31.1. The lowest BCUT2D eigenvalue weighted by Gasteiger charge is -2.26. The van der Waals surface area contributed by atoms with Crippen molar-refractivity contribution in [2.24, 2.45) is 0 Å². The Morgan fingerprint density at radius 2 is 1.12 bits per heavy atom. The van der Waals surface area contributed by atoms with E-state index in [2.05, 4.69) is 193 Å². The largest absolute Gasteiger partial charge is 0.456 e. The number of aromatic nitrogens is 1. The standard InChI is InChI=1S/C53H32N2OS2/c1-2-11-36(12-3-1)53-54-51-49(58-53)31-30-46-50(51)44-29-24-37(32-47(44)56-46)33-20-25-38(26-21-33)55(45-18-9-17-43-42-15-6-7-19-48(42)57-52(43)45)39-27-22-35(23-28-39)41-16-8-13-34-10-4-5-14-40(34)41/h1-32H. The van der Waals surface area contributed by atoms with Crippen LogP contribution in [0.25, 0.3) is 95.9 Å². The summed E-state index contributed by atoms with van der Waals surface area (Å²) in [6.45, 7) is 0. The Bertz CT molecular complexity index is 3500. The molecule has 0 N–H and O–H groups in total. The molecule has 0 unspecified atom stereocenters. The normalized spacial score (nSPS) is 11.8. The van der Waals surface area contributed by atoms with E-state index in [-0.39, 0.29) is 0 Å². The van der Waals surface area contributed by atoms with Crippen molar-refractivity contribution in [1.82, 2.24) is 4.98 Å². The number of fused-ring (bicyclic) bond motifs is 9. The topological polar surface area (TPSA) is 29.3 Å². The number of furan rings is 1. The molecule has 0 radical (unpaired) electrons. The Hall–Kier alpha value is -7.05. The highest BCUT2D eigenvalue weighted by molar-refractivity contribution is 7.26. The van der Waals surface area contributed by atoms with E-state index in [0.29, 0.717) is 0 Å². The van der Waals surface area contributed by atoms with Gasteiger partial charge in [0.2, 0.25) is 0 Å². The van der Waals surface area contributed by atoms with Gasteiger partial charge >= 0.3 is 0 Å². The average molecular weight is 777 g/mol. The van der Waals surface area contributed by atoms with Crippen molar-refractivity contribution in [3.8, 4) is 32.8 Å². The second-order valence-electron chi connectivity index (χ2n) is 14.7. The zero-order chi connectivity index (χ0) is 38.2. The van der Waals surface area contributed by atoms with Gasteiger partial charge in [0.1, 0.15) is 16.2 Å². The number of hydrogen-bond donors (Lipinski definition) is 0. The van der Waals surface area contributed by atoms with E-state index in [9.17, 15) is 0 Å². The minimum atomic E-state index is 0.859. The Labute approximate surface area is 342 Å². The summed E-state index contributed by atoms with van der Waals surface area (Å²) in [5, 5.41) is 8.25. The van der Waals surface area contributed by atoms with Crippen LogP contribution in [0.2, 0.25) is 0 Å². The van der Waals surface area contributed by atoms with Crippen molar-refractivity contribution >= 4 is 103 Å². The van der Waals surface area contributed by atoms with Gasteiger partial charge in [-0.1, -0.05) is 133 Å². The van der Waals surface area contributed by atoms with Crippen LogP contribution in [0.1, 0.15) is 0 Å². The van der Waals surface area contributed by atoms with Crippen molar-refractivity contribution < 1.29 is 4.42 Å². The summed E-state index contributed by atoms with van der Waals surface area (Å²) in [4.78, 5) is 7.51. The fourth-order valence-corrected chi connectivity index (χ4v) is 10.7. The third-order valence-electron chi connectivity index (χ3n) is 11.3. The summed E-state index contributed by atoms with van der Waals surface area (Å²) in [7, 11) is 0. The van der Waals surface area contributed by atoms with Crippen LogP contribution in [-0.4, -0.2) is 4.98 Å². The van der Waals surface area contributed by atoms with Crippen LogP contribution in [0.4, 0.5) is 17.1 Å². The lowest BCUT2D eigenvalue weighted by atomic mass is 9.98. The molecule has 12 aromatic rings. The van der Waals surface area contributed by atoms with E-state index in [1.54, 1.807) is 11.3 Å². The van der Waals surface area contributed by atoms with E-state index < -0.39 is 0 Å². The first-order valence-corrected chi connectivity index (χ1v) is 21.1. The number of rotatable bonds is 6. The Morgan fingerprint density at radius 3 is 1.97 bits per heavy atom. The molecule has 0 atom stereocenters. The van der Waals surface area contributed by atoms with Gasteiger partial charge in [-0.2, -0.15) is 0 Å². The highest BCUT2D eigenvalue weighted by atomic mass is 32.1. The second-order valence-corrected chi connectivity index (χ2v) is 16.8. The minimum Gasteiger partial charge on any atom is -0.456 e. The van der Waals surface area contributed by atoms with E-state index in [1.165, 1.54) is 42.1 Å². The predicted octanol–water partition coefficient (Wildman–Crippen LogP) is 16.2. The van der Waals surface area contributed by atoms with E-state index >= 15 is 0 Å². The van der Waals surface area contributed by atoms with Crippen molar-refractivity contribution in [3.63, 3.8) is 0 Å². The predicted molar refractivity (Wildman–Crippen MR) is 248 cm³/mol. The molecule has 0 spiro atoms. The van der Waals surface area contributed by atoms with Gasteiger partial charge in [0.25, 0.3) is 0 Å². The quantitative estimate of drug-likeness (QED) is 0.168. The SMILES string of the molecule is c1ccc(-c2nc3c(ccc4oc5cc(-c6ccc(N(c7ccc(-c8cccc9ccccc89)cc7)c7cccc8c7sc7ccccc78)cc6)ccc5c43)s2)cc1. The summed E-state index contributed by atoms with van der Waals surface area (Å²) in [5.74, 6) is 0. The Morgan fingerprint density at radius 1 is 0.431 bits per heavy atom. The lowest BCUT2D eigenvalue weighted by molar-refractivity contribution is 0.669. The molecule has 272 valence electrons. The summed E-state index contributed by atoms with van der Waals surface area (Å²) in [6, 6.07) is 69.7. The number of benzene rings is 9. The fourth-order valence-electron chi connectivity index (χ4n) is 8.54. The third-order valence-corrected chi connectivity index (χ3v) is 13.6. The summed E-state index contributed by atoms with van der Waals surface area (Å²) in [6.07, 6.45) is 0. The fraction of sp³-hybridized carbons (Fsp3) is 0. The number of nitrogens with zero attached hydrogens (tertiary/aromatic N) is 2. The summed E-state index contributed by atoms with van der Waals surface area (Å²) < 4.78 is 10.2. The van der Waals surface area contributed by atoms with Gasteiger partial charge < -0.3 is 9.32 Å². The molecule has 9 aromatic carbocycles. The second kappa shape index (κ2) is 13.3. The van der Waals surface area contributed by atoms with Gasteiger partial charge in [-0.05, 0) is 93.7 Å².